The zero-order chi connectivity index (χ0) is 16.0. The molecule has 4 aliphatic rings. The van der Waals surface area contributed by atoms with E-state index >= 15 is 0 Å². The Kier molecular flexibility index (Phi) is 3.71. The largest absolute Gasteiger partial charge is 0.352 e. The van der Waals surface area contributed by atoms with Crippen molar-refractivity contribution in [3.05, 3.63) is 18.2 Å². The van der Waals surface area contributed by atoms with Gasteiger partial charge in [0.2, 0.25) is 5.91 Å². The number of hydrogen-bond donors (Lipinski definition) is 3. The molecular weight excluding hydrogens is 288 g/mol. The van der Waals surface area contributed by atoms with Gasteiger partial charge in [-0.15, -0.1) is 0 Å². The summed E-state index contributed by atoms with van der Waals surface area (Å²) in [6, 6.07) is -0.275. The molecule has 2 atom stereocenters. The van der Waals surface area contributed by atoms with Crippen molar-refractivity contribution in [2.45, 2.75) is 64.0 Å². The van der Waals surface area contributed by atoms with Gasteiger partial charge < -0.3 is 16.0 Å². The number of hydrogen-bond acceptors (Lipinski definition) is 3. The predicted molar refractivity (Wildman–Crippen MR) is 88.5 cm³/mol. The summed E-state index contributed by atoms with van der Waals surface area (Å²) in [7, 11) is 0. The van der Waals surface area contributed by atoms with Gasteiger partial charge in [-0.05, 0) is 68.6 Å². The Morgan fingerprint density at radius 1 is 1.35 bits per heavy atom. The molecule has 0 aromatic carbocycles. The summed E-state index contributed by atoms with van der Waals surface area (Å²) in [5.41, 5.74) is 7.33. The molecule has 0 radical (unpaired) electrons. The van der Waals surface area contributed by atoms with E-state index in [0.29, 0.717) is 11.8 Å². The van der Waals surface area contributed by atoms with Crippen LogP contribution >= 0.6 is 0 Å². The zero-order valence-electron chi connectivity index (χ0n) is 13.9. The van der Waals surface area contributed by atoms with Gasteiger partial charge in [-0.3, -0.25) is 4.79 Å². The summed E-state index contributed by atoms with van der Waals surface area (Å²) in [5, 5.41) is 3.25. The quantitative estimate of drug-likeness (QED) is 0.777. The van der Waals surface area contributed by atoms with Gasteiger partial charge >= 0.3 is 0 Å². The monoisotopic (exact) mass is 316 g/mol. The van der Waals surface area contributed by atoms with Crippen LogP contribution in [0.3, 0.4) is 0 Å². The smallest absolute Gasteiger partial charge is 0.237 e. The van der Waals surface area contributed by atoms with Gasteiger partial charge in [0, 0.05) is 24.4 Å². The number of carbonyl (C=O) groups is 1. The normalized spacial score (nSPS) is 37.6. The maximum absolute atomic E-state index is 12.5. The number of H-pyrrole nitrogens is 1. The number of imidazole rings is 1. The van der Waals surface area contributed by atoms with Crippen LogP contribution in [0, 0.1) is 23.2 Å². The maximum Gasteiger partial charge on any atom is 0.237 e. The molecule has 0 spiro atoms. The molecule has 126 valence electrons. The maximum atomic E-state index is 12.5. The molecule has 0 aliphatic heterocycles. The van der Waals surface area contributed by atoms with Crippen molar-refractivity contribution in [3.8, 4) is 0 Å². The van der Waals surface area contributed by atoms with Gasteiger partial charge in [-0.1, -0.05) is 0 Å². The summed E-state index contributed by atoms with van der Waals surface area (Å²) in [6.07, 6.45) is 12.1. The Balaban J connectivity index is 1.39. The Morgan fingerprint density at radius 2 is 1.96 bits per heavy atom. The first kappa shape index (κ1) is 15.2. The minimum atomic E-state index is -0.508. The highest BCUT2D eigenvalue weighted by atomic mass is 16.2. The van der Waals surface area contributed by atoms with Crippen molar-refractivity contribution in [3.63, 3.8) is 0 Å². The van der Waals surface area contributed by atoms with Crippen molar-refractivity contribution < 1.29 is 4.79 Å². The van der Waals surface area contributed by atoms with E-state index in [0.717, 1.165) is 23.4 Å². The molecule has 4 fully saturated rings. The highest BCUT2D eigenvalue weighted by Gasteiger charge is 2.53. The third kappa shape index (κ3) is 2.80. The molecule has 5 heteroatoms. The van der Waals surface area contributed by atoms with Gasteiger partial charge in [-0.2, -0.15) is 0 Å². The second kappa shape index (κ2) is 5.62. The standard InChI is InChI=1S/C18H28N4O/c1-11(22-17(23)16(19)5-15-9-20-10-21-15)18-6-12-2-13(7-18)4-14(3-12)8-18/h9-14,16H,2-8,19H2,1H3,(H,20,21)(H,22,23)/t11?,12?,13?,14?,16-,18?/m1/s1. The van der Waals surface area contributed by atoms with E-state index in [4.69, 9.17) is 5.73 Å². The number of rotatable bonds is 5. The summed E-state index contributed by atoms with van der Waals surface area (Å²) in [5.74, 6) is 2.68. The molecular formula is C18H28N4O. The zero-order valence-corrected chi connectivity index (χ0v) is 13.9. The van der Waals surface area contributed by atoms with Gasteiger partial charge in [0.1, 0.15) is 0 Å². The molecule has 4 saturated carbocycles. The Labute approximate surface area is 137 Å². The summed E-state index contributed by atoms with van der Waals surface area (Å²) in [6.45, 7) is 2.20. The van der Waals surface area contributed by atoms with Gasteiger partial charge in [0.05, 0.1) is 12.4 Å². The van der Waals surface area contributed by atoms with Crippen LogP contribution in [0.4, 0.5) is 0 Å². The fourth-order valence-corrected chi connectivity index (χ4v) is 5.91. The van der Waals surface area contributed by atoms with E-state index in [2.05, 4.69) is 22.2 Å². The van der Waals surface area contributed by atoms with Crippen LogP contribution < -0.4 is 11.1 Å². The van der Waals surface area contributed by atoms with Gasteiger partial charge in [-0.25, -0.2) is 4.98 Å². The van der Waals surface area contributed by atoms with E-state index in [1.807, 2.05) is 0 Å². The molecule has 5 nitrogen and oxygen atoms in total. The first-order valence-corrected chi connectivity index (χ1v) is 9.07. The second-order valence-corrected chi connectivity index (χ2v) is 8.40. The molecule has 4 aliphatic carbocycles. The van der Waals surface area contributed by atoms with Crippen LogP contribution in [0.5, 0.6) is 0 Å². The van der Waals surface area contributed by atoms with Crippen LogP contribution in [0.1, 0.15) is 51.1 Å². The van der Waals surface area contributed by atoms with Crippen LogP contribution in [0.25, 0.3) is 0 Å². The van der Waals surface area contributed by atoms with E-state index in [9.17, 15) is 4.79 Å². The molecule has 23 heavy (non-hydrogen) atoms. The summed E-state index contributed by atoms with van der Waals surface area (Å²) < 4.78 is 0. The Morgan fingerprint density at radius 3 is 2.48 bits per heavy atom. The number of aromatic nitrogens is 2. The van der Waals surface area contributed by atoms with Crippen LogP contribution in [0.15, 0.2) is 12.5 Å². The fourth-order valence-electron chi connectivity index (χ4n) is 5.91. The highest BCUT2D eigenvalue weighted by Crippen LogP contribution is 2.61. The third-order valence-corrected chi connectivity index (χ3v) is 6.69. The van der Waals surface area contributed by atoms with Crippen LogP contribution in [-0.4, -0.2) is 28.0 Å². The molecule has 4 bridgehead atoms. The van der Waals surface area contributed by atoms with E-state index in [-0.39, 0.29) is 11.9 Å². The van der Waals surface area contributed by atoms with Crippen molar-refractivity contribution >= 4 is 5.91 Å². The molecule has 1 amide bonds. The summed E-state index contributed by atoms with van der Waals surface area (Å²) in [4.78, 5) is 19.5. The van der Waals surface area contributed by atoms with Crippen LogP contribution in [0.2, 0.25) is 0 Å². The second-order valence-electron chi connectivity index (χ2n) is 8.40. The number of aromatic amines is 1. The Bertz CT molecular complexity index is 532. The molecule has 0 saturated heterocycles. The molecule has 4 N–H and O–H groups in total. The van der Waals surface area contributed by atoms with Gasteiger partial charge in [0.15, 0.2) is 0 Å². The molecule has 1 aromatic rings. The number of nitrogens with two attached hydrogens (primary N) is 1. The third-order valence-electron chi connectivity index (χ3n) is 6.69. The van der Waals surface area contributed by atoms with E-state index in [1.54, 1.807) is 12.5 Å². The minimum absolute atomic E-state index is 0.0251. The Hall–Kier alpha value is -1.36. The molecule has 1 heterocycles. The predicted octanol–water partition coefficient (Wildman–Crippen LogP) is 2.00. The van der Waals surface area contributed by atoms with Crippen molar-refractivity contribution in [2.24, 2.45) is 28.9 Å². The molecule has 1 aromatic heterocycles. The lowest BCUT2D eigenvalue weighted by molar-refractivity contribution is -0.127. The topological polar surface area (TPSA) is 83.8 Å². The first-order valence-electron chi connectivity index (χ1n) is 9.07. The average Bonchev–Trinajstić information content (AvgIpc) is 2.98. The average molecular weight is 316 g/mol. The lowest BCUT2D eigenvalue weighted by atomic mass is 9.48. The van der Waals surface area contributed by atoms with Crippen molar-refractivity contribution in [2.75, 3.05) is 0 Å². The van der Waals surface area contributed by atoms with Crippen molar-refractivity contribution in [1.29, 1.82) is 0 Å². The minimum Gasteiger partial charge on any atom is -0.352 e. The number of amides is 1. The summed E-state index contributed by atoms with van der Waals surface area (Å²) >= 11 is 0. The van der Waals surface area contributed by atoms with Gasteiger partial charge in [0.25, 0.3) is 0 Å². The molecule has 5 rings (SSSR count). The van der Waals surface area contributed by atoms with E-state index < -0.39 is 6.04 Å². The van der Waals surface area contributed by atoms with Crippen molar-refractivity contribution in [1.82, 2.24) is 15.3 Å². The fraction of sp³-hybridized carbons (Fsp3) is 0.778. The van der Waals surface area contributed by atoms with E-state index in [1.165, 1.54) is 38.5 Å². The molecule has 1 unspecified atom stereocenters. The SMILES string of the molecule is CC(NC(=O)[C@H](N)Cc1cnc[nH]1)C12CC3CC(CC(C3)C1)C2. The number of nitrogens with one attached hydrogen (secondary N) is 2. The van der Waals surface area contributed by atoms with Crippen LogP contribution in [-0.2, 0) is 11.2 Å². The lowest BCUT2D eigenvalue weighted by Crippen LogP contribution is -2.57. The number of carbonyl (C=O) groups excluding carboxylic acids is 1. The lowest BCUT2D eigenvalue weighted by Gasteiger charge is -2.59. The highest BCUT2D eigenvalue weighted by molar-refractivity contribution is 5.82. The number of nitrogens with zero attached hydrogens (tertiary/aromatic N) is 1. The first-order chi connectivity index (χ1) is 11.0.